The summed E-state index contributed by atoms with van der Waals surface area (Å²) in [5.74, 6) is 0.406. The number of aliphatic hydroxyl groups is 2. The minimum Gasteiger partial charge on any atom is -0.393 e. The smallest absolute Gasteiger partial charge is 0.237 e. The number of hydrazine groups is 1. The molecule has 0 bridgehead atoms. The highest BCUT2D eigenvalue weighted by atomic mass is 16.7. The van der Waals surface area contributed by atoms with Crippen LogP contribution in [0.1, 0.15) is 64.2 Å². The first-order valence-electron chi connectivity index (χ1n) is 12.6. The van der Waals surface area contributed by atoms with Crippen molar-refractivity contribution in [3.8, 4) is 0 Å². The van der Waals surface area contributed by atoms with Crippen molar-refractivity contribution >= 4 is 11.8 Å². The number of carbonyl (C=O) groups is 2. The third-order valence-corrected chi connectivity index (χ3v) is 7.57. The minimum atomic E-state index is -0.471. The van der Waals surface area contributed by atoms with Gasteiger partial charge in [0, 0.05) is 30.7 Å². The van der Waals surface area contributed by atoms with E-state index in [-0.39, 0.29) is 42.2 Å². The summed E-state index contributed by atoms with van der Waals surface area (Å²) >= 11 is 0. The molecule has 8 unspecified atom stereocenters. The SMILES string of the molecule is O=C(CCC1NC(C2CC(O)CCC2O)NO1)NCCCNC1NNC(=O)C2CCCCC12. The van der Waals surface area contributed by atoms with Crippen molar-refractivity contribution in [2.45, 2.75) is 95.0 Å². The number of hydrogen-bond donors (Lipinski definition) is 8. The molecule has 8 N–H and O–H groups in total. The number of nitrogens with one attached hydrogen (secondary N) is 6. The number of amides is 2. The van der Waals surface area contributed by atoms with Crippen LogP contribution in [0.4, 0.5) is 0 Å². The second-order valence-electron chi connectivity index (χ2n) is 9.93. The highest BCUT2D eigenvalue weighted by Crippen LogP contribution is 2.33. The molecule has 2 aliphatic carbocycles. The standard InChI is InChI=1S/C22H40N6O5/c29-13-6-7-17(30)16(12-13)21-25-19(33-28-21)9-8-18(31)23-10-3-11-24-20-14-4-1-2-5-15(14)22(32)27-26-20/h13-17,19-21,24-26,28-30H,1-12H2,(H,23,31)(H,27,32). The molecule has 0 aromatic rings. The molecule has 33 heavy (non-hydrogen) atoms. The molecule has 0 aromatic heterocycles. The molecule has 0 aromatic carbocycles. The molecule has 8 atom stereocenters. The number of rotatable bonds is 9. The van der Waals surface area contributed by atoms with Gasteiger partial charge in [0.15, 0.2) is 0 Å². The van der Waals surface area contributed by atoms with Crippen LogP contribution < -0.4 is 32.3 Å². The van der Waals surface area contributed by atoms with E-state index in [0.29, 0.717) is 44.6 Å². The lowest BCUT2D eigenvalue weighted by Crippen LogP contribution is -2.64. The third-order valence-electron chi connectivity index (χ3n) is 7.57. The maximum atomic E-state index is 12.2. The van der Waals surface area contributed by atoms with Gasteiger partial charge in [-0.2, -0.15) is 5.48 Å². The van der Waals surface area contributed by atoms with E-state index in [4.69, 9.17) is 4.84 Å². The summed E-state index contributed by atoms with van der Waals surface area (Å²) in [6, 6.07) is 0. The van der Waals surface area contributed by atoms with Crippen LogP contribution in [-0.4, -0.2) is 65.9 Å². The fourth-order valence-corrected chi connectivity index (χ4v) is 5.66. The van der Waals surface area contributed by atoms with Crippen LogP contribution in [0.5, 0.6) is 0 Å². The molecule has 11 heteroatoms. The molecule has 0 radical (unpaired) electrons. The summed E-state index contributed by atoms with van der Waals surface area (Å²) < 4.78 is 0. The average molecular weight is 469 g/mol. The van der Waals surface area contributed by atoms with Crippen LogP contribution in [0.3, 0.4) is 0 Å². The van der Waals surface area contributed by atoms with Gasteiger partial charge in [-0.15, -0.1) is 0 Å². The Morgan fingerprint density at radius 3 is 2.82 bits per heavy atom. The molecule has 4 aliphatic rings. The van der Waals surface area contributed by atoms with Crippen LogP contribution in [0, 0.1) is 17.8 Å². The highest BCUT2D eigenvalue weighted by Gasteiger charge is 2.40. The van der Waals surface area contributed by atoms with Crippen molar-refractivity contribution in [1.82, 2.24) is 32.3 Å². The zero-order valence-corrected chi connectivity index (χ0v) is 19.2. The summed E-state index contributed by atoms with van der Waals surface area (Å²) in [5.41, 5.74) is 8.80. The summed E-state index contributed by atoms with van der Waals surface area (Å²) in [6.45, 7) is 1.34. The largest absolute Gasteiger partial charge is 0.393 e. The fourth-order valence-electron chi connectivity index (χ4n) is 5.66. The maximum absolute atomic E-state index is 12.2. The first kappa shape index (κ1) is 24.8. The van der Waals surface area contributed by atoms with Gasteiger partial charge in [0.25, 0.3) is 0 Å². The molecule has 2 heterocycles. The van der Waals surface area contributed by atoms with Crippen molar-refractivity contribution in [3.63, 3.8) is 0 Å². The molecule has 0 spiro atoms. The van der Waals surface area contributed by atoms with Crippen molar-refractivity contribution in [2.75, 3.05) is 13.1 Å². The second kappa shape index (κ2) is 11.9. The van der Waals surface area contributed by atoms with Gasteiger partial charge in [-0.05, 0) is 51.5 Å². The molecule has 2 aliphatic heterocycles. The summed E-state index contributed by atoms with van der Waals surface area (Å²) in [4.78, 5) is 29.8. The quantitative estimate of drug-likeness (QED) is 0.197. The lowest BCUT2D eigenvalue weighted by molar-refractivity contribution is -0.134. The van der Waals surface area contributed by atoms with Gasteiger partial charge in [0.2, 0.25) is 11.8 Å². The first-order valence-corrected chi connectivity index (χ1v) is 12.6. The lowest BCUT2D eigenvalue weighted by Gasteiger charge is -2.41. The minimum absolute atomic E-state index is 0.0210. The maximum Gasteiger partial charge on any atom is 0.237 e. The van der Waals surface area contributed by atoms with Gasteiger partial charge in [-0.25, -0.2) is 5.43 Å². The average Bonchev–Trinajstić information content (AvgIpc) is 3.29. The lowest BCUT2D eigenvalue weighted by atomic mass is 9.76. The molecule has 2 saturated carbocycles. The Morgan fingerprint density at radius 1 is 1.09 bits per heavy atom. The summed E-state index contributed by atoms with van der Waals surface area (Å²) in [6.07, 6.45) is 6.42. The van der Waals surface area contributed by atoms with E-state index in [1.807, 2.05) is 0 Å². The fraction of sp³-hybridized carbons (Fsp3) is 0.909. The van der Waals surface area contributed by atoms with E-state index in [1.165, 1.54) is 6.42 Å². The number of fused-ring (bicyclic) bond motifs is 1. The van der Waals surface area contributed by atoms with Gasteiger partial charge in [-0.1, -0.05) is 12.8 Å². The molecular weight excluding hydrogens is 428 g/mol. The van der Waals surface area contributed by atoms with E-state index < -0.39 is 12.2 Å². The second-order valence-corrected chi connectivity index (χ2v) is 9.93. The van der Waals surface area contributed by atoms with Crippen LogP contribution in [-0.2, 0) is 14.4 Å². The molecule has 11 nitrogen and oxygen atoms in total. The summed E-state index contributed by atoms with van der Waals surface area (Å²) in [7, 11) is 0. The van der Waals surface area contributed by atoms with Crippen LogP contribution in [0.15, 0.2) is 0 Å². The van der Waals surface area contributed by atoms with Crippen molar-refractivity contribution in [2.24, 2.45) is 17.8 Å². The monoisotopic (exact) mass is 468 g/mol. The van der Waals surface area contributed by atoms with Gasteiger partial charge in [0.05, 0.1) is 24.5 Å². The van der Waals surface area contributed by atoms with Gasteiger partial charge >= 0.3 is 0 Å². The predicted molar refractivity (Wildman–Crippen MR) is 120 cm³/mol. The van der Waals surface area contributed by atoms with Crippen LogP contribution >= 0.6 is 0 Å². The van der Waals surface area contributed by atoms with Gasteiger partial charge < -0.3 is 20.8 Å². The number of aliphatic hydroxyl groups excluding tert-OH is 2. The number of hydroxylamine groups is 1. The van der Waals surface area contributed by atoms with E-state index in [2.05, 4.69) is 32.3 Å². The Bertz CT molecular complexity index is 669. The number of hydrogen-bond acceptors (Lipinski definition) is 9. The molecule has 4 fully saturated rings. The van der Waals surface area contributed by atoms with E-state index in [0.717, 1.165) is 32.2 Å². The Hall–Kier alpha value is -1.34. The highest BCUT2D eigenvalue weighted by molar-refractivity contribution is 5.79. The predicted octanol–water partition coefficient (Wildman–Crippen LogP) is -1.07. The molecular formula is C22H40N6O5. The zero-order valence-electron chi connectivity index (χ0n) is 19.2. The van der Waals surface area contributed by atoms with E-state index in [1.54, 1.807) is 0 Å². The topological polar surface area (TPSA) is 156 Å². The van der Waals surface area contributed by atoms with Gasteiger partial charge in [0.1, 0.15) is 6.23 Å². The first-order chi connectivity index (χ1) is 16.0. The molecule has 2 saturated heterocycles. The van der Waals surface area contributed by atoms with Crippen molar-refractivity contribution < 1.29 is 24.6 Å². The van der Waals surface area contributed by atoms with E-state index in [9.17, 15) is 19.8 Å². The van der Waals surface area contributed by atoms with Crippen molar-refractivity contribution in [1.29, 1.82) is 0 Å². The van der Waals surface area contributed by atoms with Crippen molar-refractivity contribution in [3.05, 3.63) is 0 Å². The third kappa shape index (κ3) is 6.62. The summed E-state index contributed by atoms with van der Waals surface area (Å²) in [5, 5.41) is 29.8. The Kier molecular flexibility index (Phi) is 8.91. The number of carbonyl (C=O) groups excluding carboxylic acids is 2. The Balaban J connectivity index is 1.07. The molecule has 2 amide bonds. The van der Waals surface area contributed by atoms with E-state index >= 15 is 0 Å². The zero-order chi connectivity index (χ0) is 23.2. The molecule has 188 valence electrons. The molecule has 4 rings (SSSR count). The normalized spacial score (nSPS) is 39.0. The van der Waals surface area contributed by atoms with Crippen LogP contribution in [0.25, 0.3) is 0 Å². The van der Waals surface area contributed by atoms with Crippen LogP contribution in [0.2, 0.25) is 0 Å². The Morgan fingerprint density at radius 2 is 1.94 bits per heavy atom. The van der Waals surface area contributed by atoms with Gasteiger partial charge in [-0.3, -0.25) is 25.2 Å². The Labute approximate surface area is 195 Å².